The molecule has 0 saturated carbocycles. The highest BCUT2D eigenvalue weighted by molar-refractivity contribution is 5.66. The third kappa shape index (κ3) is 9.80. The SMILES string of the molecule is CC(=O)OCCC(OC(C)=O)OC(CO)[C@H](C)OC(C)=O. The molecule has 122 valence electrons. The summed E-state index contributed by atoms with van der Waals surface area (Å²) >= 11 is 0. The predicted octanol–water partition coefficient (Wildman–Crippen LogP) is 0.158. The van der Waals surface area contributed by atoms with E-state index < -0.39 is 43.0 Å². The summed E-state index contributed by atoms with van der Waals surface area (Å²) in [5, 5.41) is 9.26. The number of rotatable bonds is 9. The number of carbonyl (C=O) groups excluding carboxylic acids is 3. The maximum atomic E-state index is 11.0. The Kier molecular flexibility index (Phi) is 9.31. The Morgan fingerprint density at radius 1 is 1.00 bits per heavy atom. The van der Waals surface area contributed by atoms with Gasteiger partial charge in [-0.05, 0) is 6.92 Å². The summed E-state index contributed by atoms with van der Waals surface area (Å²) in [5.41, 5.74) is 0. The van der Waals surface area contributed by atoms with E-state index in [-0.39, 0.29) is 13.0 Å². The van der Waals surface area contributed by atoms with Crippen molar-refractivity contribution in [2.24, 2.45) is 0 Å². The molecule has 0 fully saturated rings. The fourth-order valence-electron chi connectivity index (χ4n) is 1.47. The zero-order chi connectivity index (χ0) is 16.4. The fourth-order valence-corrected chi connectivity index (χ4v) is 1.47. The summed E-state index contributed by atoms with van der Waals surface area (Å²) in [4.78, 5) is 32.6. The molecule has 0 saturated heterocycles. The maximum Gasteiger partial charge on any atom is 0.304 e. The van der Waals surface area contributed by atoms with E-state index in [2.05, 4.69) is 0 Å². The molecule has 21 heavy (non-hydrogen) atoms. The zero-order valence-corrected chi connectivity index (χ0v) is 12.7. The molecule has 0 aromatic heterocycles. The van der Waals surface area contributed by atoms with Crippen LogP contribution in [0.3, 0.4) is 0 Å². The first-order chi connectivity index (χ1) is 9.76. The van der Waals surface area contributed by atoms with Gasteiger partial charge in [-0.2, -0.15) is 0 Å². The highest BCUT2D eigenvalue weighted by Gasteiger charge is 2.25. The van der Waals surface area contributed by atoms with Crippen molar-refractivity contribution in [2.75, 3.05) is 13.2 Å². The van der Waals surface area contributed by atoms with Crippen LogP contribution in [0.1, 0.15) is 34.1 Å². The Bertz CT molecular complexity index is 354. The molecule has 0 radical (unpaired) electrons. The lowest BCUT2D eigenvalue weighted by molar-refractivity contribution is -0.212. The van der Waals surface area contributed by atoms with Crippen LogP contribution in [0.25, 0.3) is 0 Å². The first-order valence-corrected chi connectivity index (χ1v) is 6.50. The van der Waals surface area contributed by atoms with Gasteiger partial charge >= 0.3 is 17.9 Å². The van der Waals surface area contributed by atoms with Crippen LogP contribution in [0.5, 0.6) is 0 Å². The average molecular weight is 306 g/mol. The molecule has 2 unspecified atom stereocenters. The van der Waals surface area contributed by atoms with Gasteiger partial charge in [-0.3, -0.25) is 14.4 Å². The van der Waals surface area contributed by atoms with Gasteiger partial charge in [0.05, 0.1) is 13.2 Å². The van der Waals surface area contributed by atoms with Crippen molar-refractivity contribution in [3.8, 4) is 0 Å². The molecule has 0 spiro atoms. The standard InChI is InChI=1S/C13H22O8/c1-8(19-10(3)16)12(7-14)21-13(20-11(4)17)5-6-18-9(2)15/h8,12-14H,5-7H2,1-4H3/t8-,12?,13?/m0/s1. The monoisotopic (exact) mass is 306 g/mol. The lowest BCUT2D eigenvalue weighted by atomic mass is 10.2. The molecular weight excluding hydrogens is 284 g/mol. The number of esters is 3. The van der Waals surface area contributed by atoms with Crippen molar-refractivity contribution in [3.05, 3.63) is 0 Å². The molecule has 0 heterocycles. The van der Waals surface area contributed by atoms with Crippen molar-refractivity contribution in [1.29, 1.82) is 0 Å². The van der Waals surface area contributed by atoms with E-state index in [1.165, 1.54) is 20.8 Å². The lowest BCUT2D eigenvalue weighted by Crippen LogP contribution is -2.38. The van der Waals surface area contributed by atoms with Gasteiger partial charge in [0.15, 0.2) is 0 Å². The Morgan fingerprint density at radius 2 is 1.57 bits per heavy atom. The van der Waals surface area contributed by atoms with E-state index in [0.717, 1.165) is 0 Å². The predicted molar refractivity (Wildman–Crippen MR) is 70.0 cm³/mol. The van der Waals surface area contributed by atoms with Gasteiger partial charge in [-0.15, -0.1) is 0 Å². The molecule has 8 heteroatoms. The second kappa shape index (κ2) is 10.1. The molecule has 0 amide bonds. The summed E-state index contributed by atoms with van der Waals surface area (Å²) < 4.78 is 19.9. The van der Waals surface area contributed by atoms with Crippen LogP contribution in [0.2, 0.25) is 0 Å². The Morgan fingerprint density at radius 3 is 2.00 bits per heavy atom. The van der Waals surface area contributed by atoms with Gasteiger partial charge in [0.25, 0.3) is 0 Å². The van der Waals surface area contributed by atoms with Crippen LogP contribution in [0, 0.1) is 0 Å². The van der Waals surface area contributed by atoms with Gasteiger partial charge in [0.1, 0.15) is 12.2 Å². The van der Waals surface area contributed by atoms with Crippen LogP contribution >= 0.6 is 0 Å². The molecule has 8 nitrogen and oxygen atoms in total. The molecule has 0 aromatic carbocycles. The highest BCUT2D eigenvalue weighted by atomic mass is 16.7. The first kappa shape index (κ1) is 19.3. The fraction of sp³-hybridized carbons (Fsp3) is 0.769. The van der Waals surface area contributed by atoms with E-state index in [0.29, 0.717) is 0 Å². The normalized spacial score (nSPS) is 14.7. The van der Waals surface area contributed by atoms with Crippen LogP contribution < -0.4 is 0 Å². The molecule has 0 aliphatic heterocycles. The summed E-state index contributed by atoms with van der Waals surface area (Å²) in [5.74, 6) is -1.57. The number of hydrogen-bond acceptors (Lipinski definition) is 8. The first-order valence-electron chi connectivity index (χ1n) is 6.50. The zero-order valence-electron chi connectivity index (χ0n) is 12.7. The van der Waals surface area contributed by atoms with Crippen molar-refractivity contribution in [3.63, 3.8) is 0 Å². The van der Waals surface area contributed by atoms with E-state index >= 15 is 0 Å². The molecule has 0 rings (SSSR count). The highest BCUT2D eigenvalue weighted by Crippen LogP contribution is 2.11. The van der Waals surface area contributed by atoms with Crippen molar-refractivity contribution < 1.29 is 38.4 Å². The molecule has 0 aromatic rings. The van der Waals surface area contributed by atoms with E-state index in [1.807, 2.05) is 0 Å². The van der Waals surface area contributed by atoms with Gasteiger partial charge in [-0.1, -0.05) is 0 Å². The van der Waals surface area contributed by atoms with Crippen molar-refractivity contribution in [2.45, 2.75) is 52.6 Å². The van der Waals surface area contributed by atoms with Gasteiger partial charge in [0.2, 0.25) is 6.29 Å². The maximum absolute atomic E-state index is 11.0. The van der Waals surface area contributed by atoms with Crippen molar-refractivity contribution >= 4 is 17.9 Å². The van der Waals surface area contributed by atoms with E-state index in [9.17, 15) is 19.5 Å². The molecule has 3 atom stereocenters. The molecule has 0 aliphatic carbocycles. The molecule has 1 N–H and O–H groups in total. The minimum atomic E-state index is -1.02. The molecule has 0 bridgehead atoms. The van der Waals surface area contributed by atoms with Gasteiger partial charge in [-0.25, -0.2) is 0 Å². The number of hydrogen-bond donors (Lipinski definition) is 1. The lowest BCUT2D eigenvalue weighted by Gasteiger charge is -2.26. The van der Waals surface area contributed by atoms with Crippen LogP contribution in [0.15, 0.2) is 0 Å². The average Bonchev–Trinajstić information content (AvgIpc) is 2.33. The Labute approximate surface area is 123 Å². The van der Waals surface area contributed by atoms with Crippen LogP contribution in [-0.4, -0.2) is 54.7 Å². The summed E-state index contributed by atoms with van der Waals surface area (Å²) in [6, 6.07) is 0. The Hall–Kier alpha value is -1.67. The number of ether oxygens (including phenoxy) is 4. The summed E-state index contributed by atoms with van der Waals surface area (Å²) in [7, 11) is 0. The van der Waals surface area contributed by atoms with Gasteiger partial charge in [0, 0.05) is 27.2 Å². The third-order valence-corrected chi connectivity index (χ3v) is 2.34. The minimum Gasteiger partial charge on any atom is -0.466 e. The quantitative estimate of drug-likeness (QED) is 0.364. The number of aliphatic hydroxyl groups excluding tert-OH is 1. The summed E-state index contributed by atoms with van der Waals surface area (Å²) in [6.07, 6.45) is -2.51. The third-order valence-electron chi connectivity index (χ3n) is 2.34. The van der Waals surface area contributed by atoms with E-state index in [4.69, 9.17) is 18.9 Å². The second-order valence-electron chi connectivity index (χ2n) is 4.34. The second-order valence-corrected chi connectivity index (χ2v) is 4.34. The topological polar surface area (TPSA) is 108 Å². The van der Waals surface area contributed by atoms with Gasteiger partial charge < -0.3 is 24.1 Å². The number of carbonyl (C=O) groups is 3. The van der Waals surface area contributed by atoms with E-state index in [1.54, 1.807) is 6.92 Å². The largest absolute Gasteiger partial charge is 0.466 e. The van der Waals surface area contributed by atoms with Crippen LogP contribution in [0.4, 0.5) is 0 Å². The van der Waals surface area contributed by atoms with Crippen LogP contribution in [-0.2, 0) is 33.3 Å². The summed E-state index contributed by atoms with van der Waals surface area (Å²) in [6.45, 7) is 4.79. The smallest absolute Gasteiger partial charge is 0.304 e. The molecular formula is C13H22O8. The Balaban J connectivity index is 4.54. The number of aliphatic hydroxyl groups is 1. The van der Waals surface area contributed by atoms with Crippen molar-refractivity contribution in [1.82, 2.24) is 0 Å². The minimum absolute atomic E-state index is 0.00657. The molecule has 0 aliphatic rings.